The average Bonchev–Trinajstić information content (AvgIpc) is 2.98. The summed E-state index contributed by atoms with van der Waals surface area (Å²) in [5, 5.41) is 2.93. The normalized spacial score (nSPS) is 12.6. The van der Waals surface area contributed by atoms with E-state index in [0.29, 0.717) is 11.5 Å². The van der Waals surface area contributed by atoms with Crippen molar-refractivity contribution in [2.75, 3.05) is 25.1 Å². The Morgan fingerprint density at radius 1 is 0.902 bits per heavy atom. The second-order valence-corrected chi connectivity index (χ2v) is 11.7. The van der Waals surface area contributed by atoms with Crippen molar-refractivity contribution >= 4 is 27.5 Å². The van der Waals surface area contributed by atoms with Crippen molar-refractivity contribution in [2.45, 2.75) is 57.6 Å². The summed E-state index contributed by atoms with van der Waals surface area (Å²) in [4.78, 5) is 28.6. The van der Waals surface area contributed by atoms with Crippen LogP contribution in [0.5, 0.6) is 11.5 Å². The molecular formula is C31H39N3O6S. The van der Waals surface area contributed by atoms with Gasteiger partial charge in [0.25, 0.3) is 10.0 Å². The lowest BCUT2D eigenvalue weighted by Gasteiger charge is -2.32. The monoisotopic (exact) mass is 581 g/mol. The molecular weight excluding hydrogens is 542 g/mol. The Labute approximate surface area is 243 Å². The molecule has 0 spiro atoms. The van der Waals surface area contributed by atoms with Crippen molar-refractivity contribution in [3.8, 4) is 11.5 Å². The maximum atomic E-state index is 14.0. The Hall–Kier alpha value is -4.05. The predicted octanol–water partition coefficient (Wildman–Crippen LogP) is 4.54. The molecule has 0 saturated heterocycles. The van der Waals surface area contributed by atoms with Gasteiger partial charge in [0.2, 0.25) is 11.8 Å². The van der Waals surface area contributed by atoms with Gasteiger partial charge in [0.15, 0.2) is 11.5 Å². The van der Waals surface area contributed by atoms with Gasteiger partial charge in [-0.3, -0.25) is 13.9 Å². The van der Waals surface area contributed by atoms with E-state index in [-0.39, 0.29) is 29.1 Å². The number of anilines is 1. The minimum atomic E-state index is -4.19. The molecule has 3 rings (SSSR count). The Bertz CT molecular complexity index is 1430. The van der Waals surface area contributed by atoms with Gasteiger partial charge in [-0.15, -0.1) is 0 Å². The van der Waals surface area contributed by atoms with E-state index in [1.165, 1.54) is 37.3 Å². The van der Waals surface area contributed by atoms with Crippen LogP contribution in [-0.4, -0.2) is 58.0 Å². The number of benzene rings is 3. The summed E-state index contributed by atoms with van der Waals surface area (Å²) >= 11 is 0. The summed E-state index contributed by atoms with van der Waals surface area (Å²) < 4.78 is 39.6. The molecule has 0 aliphatic rings. The zero-order valence-corrected chi connectivity index (χ0v) is 25.3. The highest BCUT2D eigenvalue weighted by molar-refractivity contribution is 7.92. The first kappa shape index (κ1) is 31.5. The van der Waals surface area contributed by atoms with Gasteiger partial charge in [-0.1, -0.05) is 55.0 Å². The third kappa shape index (κ3) is 7.79. The van der Waals surface area contributed by atoms with E-state index in [1.54, 1.807) is 37.3 Å². The molecule has 3 aromatic rings. The summed E-state index contributed by atoms with van der Waals surface area (Å²) in [7, 11) is -1.26. The SMILES string of the molecule is CC[C@@H](C)NC(=O)[C@H](C)N(Cc1ccc(C)cc1)C(=O)CN(c1ccc(OC)c(OC)c1)S(=O)(=O)c1ccccc1. The molecule has 1 N–H and O–H groups in total. The van der Waals surface area contributed by atoms with Gasteiger partial charge >= 0.3 is 0 Å². The van der Waals surface area contributed by atoms with Gasteiger partial charge < -0.3 is 19.7 Å². The number of carbonyl (C=O) groups is 2. The molecule has 0 radical (unpaired) electrons. The molecule has 2 amide bonds. The molecule has 3 aromatic carbocycles. The van der Waals surface area contributed by atoms with E-state index in [0.717, 1.165) is 21.9 Å². The maximum Gasteiger partial charge on any atom is 0.264 e. The smallest absolute Gasteiger partial charge is 0.264 e. The zero-order valence-electron chi connectivity index (χ0n) is 24.5. The second-order valence-electron chi connectivity index (χ2n) is 9.87. The number of sulfonamides is 1. The first-order valence-electron chi connectivity index (χ1n) is 13.5. The van der Waals surface area contributed by atoms with E-state index in [9.17, 15) is 18.0 Å². The first-order chi connectivity index (χ1) is 19.5. The van der Waals surface area contributed by atoms with Crippen LogP contribution in [0.2, 0.25) is 0 Å². The van der Waals surface area contributed by atoms with Crippen molar-refractivity contribution in [3.63, 3.8) is 0 Å². The number of ether oxygens (including phenoxy) is 2. The lowest BCUT2D eigenvalue weighted by atomic mass is 10.1. The summed E-state index contributed by atoms with van der Waals surface area (Å²) in [5.41, 5.74) is 2.09. The Morgan fingerprint density at radius 2 is 1.54 bits per heavy atom. The van der Waals surface area contributed by atoms with E-state index in [4.69, 9.17) is 9.47 Å². The highest BCUT2D eigenvalue weighted by Gasteiger charge is 2.33. The van der Waals surface area contributed by atoms with Gasteiger partial charge in [-0.25, -0.2) is 8.42 Å². The van der Waals surface area contributed by atoms with Gasteiger partial charge in [-0.2, -0.15) is 0 Å². The molecule has 2 atom stereocenters. The van der Waals surface area contributed by atoms with Crippen molar-refractivity contribution in [1.29, 1.82) is 0 Å². The number of rotatable bonds is 13. The van der Waals surface area contributed by atoms with Crippen LogP contribution in [0.25, 0.3) is 0 Å². The summed E-state index contributed by atoms with van der Waals surface area (Å²) in [5.74, 6) is -0.130. The molecule has 0 fully saturated rings. The molecule has 0 bridgehead atoms. The zero-order chi connectivity index (χ0) is 30.2. The van der Waals surface area contributed by atoms with Gasteiger partial charge in [0, 0.05) is 18.7 Å². The number of amides is 2. The molecule has 0 aliphatic carbocycles. The van der Waals surface area contributed by atoms with Crippen LogP contribution in [0.1, 0.15) is 38.3 Å². The van der Waals surface area contributed by atoms with E-state index in [1.807, 2.05) is 45.0 Å². The molecule has 41 heavy (non-hydrogen) atoms. The number of nitrogens with one attached hydrogen (secondary N) is 1. The predicted molar refractivity (Wildman–Crippen MR) is 160 cm³/mol. The third-order valence-electron chi connectivity index (χ3n) is 6.91. The van der Waals surface area contributed by atoms with Crippen molar-refractivity contribution < 1.29 is 27.5 Å². The van der Waals surface area contributed by atoms with Crippen LogP contribution in [0, 0.1) is 6.92 Å². The second kappa shape index (κ2) is 14.0. The van der Waals surface area contributed by atoms with Crippen LogP contribution in [0.15, 0.2) is 77.7 Å². The Morgan fingerprint density at radius 3 is 2.12 bits per heavy atom. The minimum absolute atomic E-state index is 0.0234. The van der Waals surface area contributed by atoms with Crippen LogP contribution >= 0.6 is 0 Å². The lowest BCUT2D eigenvalue weighted by Crippen LogP contribution is -2.52. The fourth-order valence-corrected chi connectivity index (χ4v) is 5.59. The summed E-state index contributed by atoms with van der Waals surface area (Å²) in [6, 6.07) is 19.2. The molecule has 0 aromatic heterocycles. The molecule has 10 heteroatoms. The number of hydrogen-bond donors (Lipinski definition) is 1. The van der Waals surface area contributed by atoms with Crippen molar-refractivity contribution in [2.24, 2.45) is 0 Å². The third-order valence-corrected chi connectivity index (χ3v) is 8.70. The number of aryl methyl sites for hydroxylation is 1. The van der Waals surface area contributed by atoms with Crippen LogP contribution < -0.4 is 19.1 Å². The van der Waals surface area contributed by atoms with Crippen LogP contribution in [-0.2, 0) is 26.2 Å². The molecule has 0 heterocycles. The number of hydrogen-bond acceptors (Lipinski definition) is 6. The van der Waals surface area contributed by atoms with E-state index < -0.39 is 28.5 Å². The van der Waals surface area contributed by atoms with Gasteiger partial charge in [-0.05, 0) is 57.0 Å². The standard InChI is InChI=1S/C31H39N3O6S/c1-7-23(3)32-31(36)24(4)33(20-25-15-13-22(2)14-16-25)30(35)21-34(41(37,38)27-11-9-8-10-12-27)26-17-18-28(39-5)29(19-26)40-6/h8-19,23-24H,7,20-21H2,1-6H3,(H,32,36)/t23-,24+/m1/s1. The number of carbonyl (C=O) groups excluding carboxylic acids is 2. The van der Waals surface area contributed by atoms with Crippen LogP contribution in [0.4, 0.5) is 5.69 Å². The Kier molecular flexibility index (Phi) is 10.8. The number of nitrogens with zero attached hydrogens (tertiary/aromatic N) is 2. The fourth-order valence-electron chi connectivity index (χ4n) is 4.17. The largest absolute Gasteiger partial charge is 0.493 e. The van der Waals surface area contributed by atoms with E-state index >= 15 is 0 Å². The average molecular weight is 582 g/mol. The summed E-state index contributed by atoms with van der Waals surface area (Å²) in [6.45, 7) is 7.04. The van der Waals surface area contributed by atoms with Gasteiger partial charge in [0.1, 0.15) is 12.6 Å². The highest BCUT2D eigenvalue weighted by Crippen LogP contribution is 2.34. The quantitative estimate of drug-likeness (QED) is 0.318. The van der Waals surface area contributed by atoms with Crippen molar-refractivity contribution in [1.82, 2.24) is 10.2 Å². The number of methoxy groups -OCH3 is 2. The van der Waals surface area contributed by atoms with Crippen molar-refractivity contribution in [3.05, 3.63) is 83.9 Å². The lowest BCUT2D eigenvalue weighted by molar-refractivity contribution is -0.139. The minimum Gasteiger partial charge on any atom is -0.493 e. The summed E-state index contributed by atoms with van der Waals surface area (Å²) in [6.07, 6.45) is 0.729. The molecule has 0 unspecified atom stereocenters. The molecule has 220 valence electrons. The molecule has 9 nitrogen and oxygen atoms in total. The fraction of sp³-hybridized carbons (Fsp3) is 0.355. The topological polar surface area (TPSA) is 105 Å². The molecule has 0 saturated carbocycles. The Balaban J connectivity index is 2.06. The van der Waals surface area contributed by atoms with Gasteiger partial charge in [0.05, 0.1) is 24.8 Å². The maximum absolute atomic E-state index is 14.0. The first-order valence-corrected chi connectivity index (χ1v) is 14.9. The molecule has 0 aliphatic heterocycles. The highest BCUT2D eigenvalue weighted by atomic mass is 32.2. The van der Waals surface area contributed by atoms with E-state index in [2.05, 4.69) is 5.32 Å². The van der Waals surface area contributed by atoms with Crippen LogP contribution in [0.3, 0.4) is 0 Å².